The van der Waals surface area contributed by atoms with E-state index in [0.29, 0.717) is 42.7 Å². The van der Waals surface area contributed by atoms with Crippen LogP contribution < -0.4 is 21.7 Å². The first-order chi connectivity index (χ1) is 16.9. The maximum absolute atomic E-state index is 13.4. The molecule has 0 radical (unpaired) electrons. The number of halogens is 1. The predicted molar refractivity (Wildman–Crippen MR) is 138 cm³/mol. The van der Waals surface area contributed by atoms with E-state index >= 15 is 0 Å². The topological polar surface area (TPSA) is 113 Å². The van der Waals surface area contributed by atoms with E-state index in [2.05, 4.69) is 37.8 Å². The minimum atomic E-state index is -0.404. The van der Waals surface area contributed by atoms with Crippen LogP contribution in [0.2, 0.25) is 0 Å². The number of amides is 1. The number of hydrogen-bond acceptors (Lipinski definition) is 8. The SMILES string of the molecule is CCCC1(Cl)CNc2c(C(=O)NC3CNCCC3N3CCC(N4CC(OC)C4)CC3)c(N)nn2C1. The second-order valence-corrected chi connectivity index (χ2v) is 11.5. The predicted octanol–water partition coefficient (Wildman–Crippen LogP) is 0.924. The molecule has 3 unspecified atom stereocenters. The van der Waals surface area contributed by atoms with E-state index in [1.807, 2.05) is 0 Å². The number of hydrogen-bond donors (Lipinski definition) is 4. The summed E-state index contributed by atoms with van der Waals surface area (Å²) in [5, 5.41) is 14.6. The lowest BCUT2D eigenvalue weighted by Gasteiger charge is -2.49. The Morgan fingerprint density at radius 1 is 1.29 bits per heavy atom. The number of ether oxygens (including phenoxy) is 1. The Morgan fingerprint density at radius 3 is 2.77 bits per heavy atom. The number of carbonyl (C=O) groups is 1. The molecule has 3 fully saturated rings. The third-order valence-electron chi connectivity index (χ3n) is 8.37. The monoisotopic (exact) mass is 508 g/mol. The van der Waals surface area contributed by atoms with Crippen LogP contribution in [0.5, 0.6) is 0 Å². The van der Waals surface area contributed by atoms with Gasteiger partial charge in [0.15, 0.2) is 5.82 Å². The molecule has 1 aromatic rings. The lowest BCUT2D eigenvalue weighted by molar-refractivity contribution is -0.0650. The van der Waals surface area contributed by atoms with Gasteiger partial charge in [0, 0.05) is 58.5 Å². The highest BCUT2D eigenvalue weighted by Gasteiger charge is 2.39. The molecule has 35 heavy (non-hydrogen) atoms. The Bertz CT molecular complexity index is 898. The van der Waals surface area contributed by atoms with Crippen LogP contribution in [0.1, 0.15) is 49.4 Å². The van der Waals surface area contributed by atoms with Gasteiger partial charge in [-0.3, -0.25) is 14.6 Å². The van der Waals surface area contributed by atoms with Gasteiger partial charge in [-0.2, -0.15) is 5.10 Å². The Kier molecular flexibility index (Phi) is 7.46. The summed E-state index contributed by atoms with van der Waals surface area (Å²) in [7, 11) is 1.80. The van der Waals surface area contributed by atoms with Crippen molar-refractivity contribution in [2.24, 2.45) is 0 Å². The number of piperidine rings is 2. The van der Waals surface area contributed by atoms with Gasteiger partial charge in [0.25, 0.3) is 5.91 Å². The number of aromatic nitrogens is 2. The maximum atomic E-state index is 13.4. The molecule has 5 rings (SSSR count). The number of anilines is 2. The molecule has 0 saturated carbocycles. The number of rotatable bonds is 7. The van der Waals surface area contributed by atoms with Crippen LogP contribution >= 0.6 is 11.6 Å². The van der Waals surface area contributed by atoms with Crippen LogP contribution in [-0.4, -0.2) is 108 Å². The van der Waals surface area contributed by atoms with Crippen molar-refractivity contribution in [3.63, 3.8) is 0 Å². The number of nitrogen functional groups attached to an aromatic ring is 1. The molecule has 11 heteroatoms. The summed E-state index contributed by atoms with van der Waals surface area (Å²) >= 11 is 6.77. The standard InChI is InChI=1S/C24H41ClN8O2/c1-3-7-24(25)14-28-22-20(21(26)30-33(22)15-24)23(34)29-18-11-27-8-4-19(18)31-9-5-16(6-10-31)32-12-17(13-32)35-2/h16-19,27-28H,3-15H2,1-2H3,(H2,26,30)(H,29,34). The van der Waals surface area contributed by atoms with Crippen LogP contribution in [0.3, 0.4) is 0 Å². The molecule has 196 valence electrons. The van der Waals surface area contributed by atoms with Crippen molar-refractivity contribution in [1.29, 1.82) is 0 Å². The molecule has 0 spiro atoms. The zero-order valence-corrected chi connectivity index (χ0v) is 21.8. The van der Waals surface area contributed by atoms with Crippen molar-refractivity contribution in [1.82, 2.24) is 30.2 Å². The first-order valence-electron chi connectivity index (χ1n) is 13.2. The number of methoxy groups -OCH3 is 1. The second kappa shape index (κ2) is 10.4. The number of carbonyl (C=O) groups excluding carboxylic acids is 1. The van der Waals surface area contributed by atoms with Crippen molar-refractivity contribution in [2.45, 2.75) is 74.7 Å². The van der Waals surface area contributed by atoms with Crippen molar-refractivity contribution < 1.29 is 9.53 Å². The smallest absolute Gasteiger partial charge is 0.259 e. The summed E-state index contributed by atoms with van der Waals surface area (Å²) in [5.74, 6) is 0.776. The summed E-state index contributed by atoms with van der Waals surface area (Å²) < 4.78 is 7.21. The molecule has 0 aliphatic carbocycles. The highest BCUT2D eigenvalue weighted by Crippen LogP contribution is 2.34. The Balaban J connectivity index is 1.21. The fourth-order valence-electron chi connectivity index (χ4n) is 6.35. The molecule has 4 aliphatic heterocycles. The quantitative estimate of drug-likeness (QED) is 0.402. The highest BCUT2D eigenvalue weighted by atomic mass is 35.5. The molecule has 10 nitrogen and oxygen atoms in total. The van der Waals surface area contributed by atoms with Gasteiger partial charge in [-0.05, 0) is 32.2 Å². The average Bonchev–Trinajstić information content (AvgIpc) is 3.13. The number of alkyl halides is 1. The van der Waals surface area contributed by atoms with Crippen molar-refractivity contribution in [3.8, 4) is 0 Å². The van der Waals surface area contributed by atoms with Gasteiger partial charge in [-0.15, -0.1) is 11.6 Å². The van der Waals surface area contributed by atoms with E-state index in [9.17, 15) is 4.79 Å². The number of nitrogens with zero attached hydrogens (tertiary/aromatic N) is 4. The first kappa shape index (κ1) is 25.1. The van der Waals surface area contributed by atoms with Crippen LogP contribution in [0.25, 0.3) is 0 Å². The normalized spacial score (nSPS) is 30.9. The van der Waals surface area contributed by atoms with E-state index in [-0.39, 0.29) is 17.8 Å². The Hall–Kier alpha value is -1.59. The lowest BCUT2D eigenvalue weighted by Crippen LogP contribution is -2.63. The van der Waals surface area contributed by atoms with E-state index in [1.165, 1.54) is 12.8 Å². The molecular formula is C24H41ClN8O2. The van der Waals surface area contributed by atoms with Crippen molar-refractivity contribution in [3.05, 3.63) is 5.56 Å². The Labute approximate surface area is 213 Å². The molecule has 5 heterocycles. The van der Waals surface area contributed by atoms with Gasteiger partial charge in [0.2, 0.25) is 0 Å². The van der Waals surface area contributed by atoms with Crippen LogP contribution in [0.15, 0.2) is 0 Å². The van der Waals surface area contributed by atoms with E-state index in [0.717, 1.165) is 58.5 Å². The number of nitrogens with one attached hydrogen (secondary N) is 3. The van der Waals surface area contributed by atoms with Gasteiger partial charge in [0.05, 0.1) is 23.6 Å². The summed E-state index contributed by atoms with van der Waals surface area (Å²) in [6.45, 7) is 9.25. The minimum absolute atomic E-state index is 0.0282. The molecule has 3 saturated heterocycles. The summed E-state index contributed by atoms with van der Waals surface area (Å²) in [4.78, 5) is 18.2. The van der Waals surface area contributed by atoms with Gasteiger partial charge < -0.3 is 26.4 Å². The third kappa shape index (κ3) is 5.13. The first-order valence-corrected chi connectivity index (χ1v) is 13.6. The van der Waals surface area contributed by atoms with Gasteiger partial charge in [-0.25, -0.2) is 4.68 Å². The molecule has 1 aromatic heterocycles. The molecular weight excluding hydrogens is 468 g/mol. The minimum Gasteiger partial charge on any atom is -0.381 e. The summed E-state index contributed by atoms with van der Waals surface area (Å²) in [6, 6.07) is 1.00. The lowest BCUT2D eigenvalue weighted by atomic mass is 9.93. The summed E-state index contributed by atoms with van der Waals surface area (Å²) in [5.41, 5.74) is 6.67. The van der Waals surface area contributed by atoms with Gasteiger partial charge in [-0.1, -0.05) is 13.3 Å². The maximum Gasteiger partial charge on any atom is 0.259 e. The average molecular weight is 509 g/mol. The molecule has 0 aromatic carbocycles. The van der Waals surface area contributed by atoms with Crippen molar-refractivity contribution >= 4 is 29.1 Å². The fourth-order valence-corrected chi connectivity index (χ4v) is 6.72. The van der Waals surface area contributed by atoms with Gasteiger partial charge >= 0.3 is 0 Å². The third-order valence-corrected chi connectivity index (χ3v) is 8.81. The zero-order chi connectivity index (χ0) is 24.6. The Morgan fingerprint density at radius 2 is 2.06 bits per heavy atom. The molecule has 1 amide bonds. The molecule has 5 N–H and O–H groups in total. The molecule has 0 bridgehead atoms. The number of nitrogens with two attached hydrogens (primary N) is 1. The number of likely N-dealkylation sites (tertiary alicyclic amines) is 2. The zero-order valence-electron chi connectivity index (χ0n) is 21.1. The van der Waals surface area contributed by atoms with Crippen LogP contribution in [0, 0.1) is 0 Å². The van der Waals surface area contributed by atoms with Gasteiger partial charge in [0.1, 0.15) is 11.4 Å². The van der Waals surface area contributed by atoms with E-state index in [4.69, 9.17) is 22.1 Å². The highest BCUT2D eigenvalue weighted by molar-refractivity contribution is 6.24. The van der Waals surface area contributed by atoms with E-state index in [1.54, 1.807) is 11.8 Å². The fraction of sp³-hybridized carbons (Fsp3) is 0.833. The summed E-state index contributed by atoms with van der Waals surface area (Å²) in [6.07, 6.45) is 5.64. The molecule has 3 atom stereocenters. The molecule has 4 aliphatic rings. The van der Waals surface area contributed by atoms with Crippen LogP contribution in [0.4, 0.5) is 11.6 Å². The number of fused-ring (bicyclic) bond motifs is 1. The van der Waals surface area contributed by atoms with E-state index < -0.39 is 4.87 Å². The largest absolute Gasteiger partial charge is 0.381 e. The van der Waals surface area contributed by atoms with Crippen LogP contribution in [-0.2, 0) is 11.3 Å². The van der Waals surface area contributed by atoms with Crippen molar-refractivity contribution in [2.75, 3.05) is 64.0 Å². The second-order valence-electron chi connectivity index (χ2n) is 10.7.